The van der Waals surface area contributed by atoms with E-state index in [1.54, 1.807) is 17.5 Å². The maximum Gasteiger partial charge on any atom is 0.0954 e. The number of aliphatic hydroxyl groups excluding tert-OH is 1. The summed E-state index contributed by atoms with van der Waals surface area (Å²) in [4.78, 5) is 4.22. The lowest BCUT2D eigenvalue weighted by molar-refractivity contribution is 0.177. The van der Waals surface area contributed by atoms with E-state index in [1.165, 1.54) is 5.56 Å². The van der Waals surface area contributed by atoms with Crippen molar-refractivity contribution in [2.24, 2.45) is 0 Å². The van der Waals surface area contributed by atoms with Crippen molar-refractivity contribution in [3.8, 4) is 0 Å². The van der Waals surface area contributed by atoms with E-state index >= 15 is 0 Å². The summed E-state index contributed by atoms with van der Waals surface area (Å²) in [6, 6.07) is 4.24. The molecule has 90 valence electrons. The Kier molecular flexibility index (Phi) is 3.60. The number of nitrogens with zero attached hydrogens (tertiary/aromatic N) is 1. The minimum absolute atomic E-state index is 0.457. The molecule has 0 aliphatic heterocycles. The molecule has 0 fully saturated rings. The van der Waals surface area contributed by atoms with Gasteiger partial charge in [0.1, 0.15) is 0 Å². The highest BCUT2D eigenvalue weighted by Gasteiger charge is 2.15. The van der Waals surface area contributed by atoms with Gasteiger partial charge in [0.25, 0.3) is 0 Å². The fraction of sp³-hybridized carbons (Fsp3) is 0.357. The van der Waals surface area contributed by atoms with Crippen LogP contribution in [-0.2, 0) is 6.42 Å². The number of benzene rings is 1. The van der Waals surface area contributed by atoms with Crippen LogP contribution in [0.15, 0.2) is 23.7 Å². The molecule has 0 aliphatic carbocycles. The van der Waals surface area contributed by atoms with E-state index in [0.717, 1.165) is 21.7 Å². The van der Waals surface area contributed by atoms with Crippen LogP contribution in [0.25, 0.3) is 0 Å². The monoisotopic (exact) mass is 247 g/mol. The van der Waals surface area contributed by atoms with Gasteiger partial charge in [0, 0.05) is 18.0 Å². The zero-order valence-electron chi connectivity index (χ0n) is 10.4. The standard InChI is InChI=1S/C14H17NOS/c1-9-6-10(2)14(11(3)7-9)12(16)8-13-15-4-5-17-13/h4-7,12,16H,8H2,1-3H3. The van der Waals surface area contributed by atoms with E-state index < -0.39 is 6.10 Å². The molecular weight excluding hydrogens is 230 g/mol. The SMILES string of the molecule is Cc1cc(C)c(C(O)Cc2nccs2)c(C)c1. The Balaban J connectivity index is 2.27. The summed E-state index contributed by atoms with van der Waals surface area (Å²) in [6.07, 6.45) is 1.92. The molecule has 0 spiro atoms. The molecule has 3 heteroatoms. The average molecular weight is 247 g/mol. The molecule has 0 saturated carbocycles. The fourth-order valence-electron chi connectivity index (χ4n) is 2.34. The van der Waals surface area contributed by atoms with Crippen LogP contribution in [-0.4, -0.2) is 10.1 Å². The Labute approximate surface area is 106 Å². The summed E-state index contributed by atoms with van der Waals surface area (Å²) in [5.74, 6) is 0. The van der Waals surface area contributed by atoms with Crippen LogP contribution in [0.3, 0.4) is 0 Å². The van der Waals surface area contributed by atoms with Gasteiger partial charge >= 0.3 is 0 Å². The molecule has 0 saturated heterocycles. The minimum Gasteiger partial charge on any atom is -0.388 e. The number of thiazole rings is 1. The van der Waals surface area contributed by atoms with Crippen LogP contribution in [0, 0.1) is 20.8 Å². The molecule has 2 nitrogen and oxygen atoms in total. The summed E-state index contributed by atoms with van der Waals surface area (Å²) < 4.78 is 0. The van der Waals surface area contributed by atoms with Gasteiger partial charge in [-0.3, -0.25) is 0 Å². The second kappa shape index (κ2) is 4.98. The van der Waals surface area contributed by atoms with Crippen molar-refractivity contribution in [1.29, 1.82) is 0 Å². The Morgan fingerprint density at radius 3 is 2.41 bits per heavy atom. The first kappa shape index (κ1) is 12.3. The molecule has 2 aromatic rings. The summed E-state index contributed by atoms with van der Waals surface area (Å²) in [7, 11) is 0. The summed E-state index contributed by atoms with van der Waals surface area (Å²) in [6.45, 7) is 6.19. The Morgan fingerprint density at radius 1 is 1.24 bits per heavy atom. The number of rotatable bonds is 3. The normalized spacial score (nSPS) is 12.7. The predicted octanol–water partition coefficient (Wildman–Crippen LogP) is 3.34. The first-order valence-corrected chi connectivity index (χ1v) is 6.60. The van der Waals surface area contributed by atoms with E-state index in [4.69, 9.17) is 0 Å². The predicted molar refractivity (Wildman–Crippen MR) is 71.4 cm³/mol. The first-order valence-electron chi connectivity index (χ1n) is 5.72. The van der Waals surface area contributed by atoms with Crippen molar-refractivity contribution in [3.05, 3.63) is 51.0 Å². The zero-order valence-corrected chi connectivity index (χ0v) is 11.2. The van der Waals surface area contributed by atoms with Gasteiger partial charge in [-0.2, -0.15) is 0 Å². The van der Waals surface area contributed by atoms with Crippen LogP contribution in [0.1, 0.15) is 33.4 Å². The Bertz CT molecular complexity index is 482. The molecule has 1 N–H and O–H groups in total. The maximum absolute atomic E-state index is 10.3. The van der Waals surface area contributed by atoms with Crippen LogP contribution >= 0.6 is 11.3 Å². The van der Waals surface area contributed by atoms with E-state index in [0.29, 0.717) is 6.42 Å². The topological polar surface area (TPSA) is 33.1 Å². The lowest BCUT2D eigenvalue weighted by Crippen LogP contribution is -2.06. The first-order chi connectivity index (χ1) is 8.08. The van der Waals surface area contributed by atoms with Crippen LogP contribution in [0.2, 0.25) is 0 Å². The van der Waals surface area contributed by atoms with Gasteiger partial charge in [0.15, 0.2) is 0 Å². The van der Waals surface area contributed by atoms with E-state index in [-0.39, 0.29) is 0 Å². The van der Waals surface area contributed by atoms with Gasteiger partial charge in [-0.1, -0.05) is 17.7 Å². The van der Waals surface area contributed by atoms with Crippen molar-refractivity contribution in [2.45, 2.75) is 33.3 Å². The quantitative estimate of drug-likeness (QED) is 0.902. The summed E-state index contributed by atoms with van der Waals surface area (Å²) in [5.41, 5.74) is 4.61. The van der Waals surface area contributed by atoms with Crippen molar-refractivity contribution in [3.63, 3.8) is 0 Å². The molecule has 17 heavy (non-hydrogen) atoms. The maximum atomic E-state index is 10.3. The van der Waals surface area contributed by atoms with Gasteiger partial charge in [-0.15, -0.1) is 11.3 Å². The average Bonchev–Trinajstić information content (AvgIpc) is 2.68. The minimum atomic E-state index is -0.457. The highest BCUT2D eigenvalue weighted by molar-refractivity contribution is 7.09. The highest BCUT2D eigenvalue weighted by Crippen LogP contribution is 2.26. The highest BCUT2D eigenvalue weighted by atomic mass is 32.1. The van der Waals surface area contributed by atoms with E-state index in [1.807, 2.05) is 5.38 Å². The summed E-state index contributed by atoms with van der Waals surface area (Å²) in [5, 5.41) is 13.2. The van der Waals surface area contributed by atoms with Gasteiger partial charge in [-0.05, 0) is 37.5 Å². The van der Waals surface area contributed by atoms with Crippen molar-refractivity contribution in [2.75, 3.05) is 0 Å². The van der Waals surface area contributed by atoms with Gasteiger partial charge < -0.3 is 5.11 Å². The number of aliphatic hydroxyl groups is 1. The third-order valence-electron chi connectivity index (χ3n) is 2.92. The molecule has 1 aromatic carbocycles. The zero-order chi connectivity index (χ0) is 12.4. The lowest BCUT2D eigenvalue weighted by atomic mass is 9.94. The molecule has 0 aliphatic rings. The Morgan fingerprint density at radius 2 is 1.88 bits per heavy atom. The third-order valence-corrected chi connectivity index (χ3v) is 3.72. The lowest BCUT2D eigenvalue weighted by Gasteiger charge is -2.16. The largest absolute Gasteiger partial charge is 0.388 e. The van der Waals surface area contributed by atoms with Crippen LogP contribution < -0.4 is 0 Å². The number of hydrogen-bond acceptors (Lipinski definition) is 3. The Hall–Kier alpha value is -1.19. The second-order valence-corrected chi connectivity index (χ2v) is 5.44. The molecule has 0 radical (unpaired) electrons. The van der Waals surface area contributed by atoms with Crippen LogP contribution in [0.4, 0.5) is 0 Å². The molecule has 1 atom stereocenters. The smallest absolute Gasteiger partial charge is 0.0954 e. The van der Waals surface area contributed by atoms with E-state index in [2.05, 4.69) is 37.9 Å². The third kappa shape index (κ3) is 2.73. The molecule has 1 aromatic heterocycles. The van der Waals surface area contributed by atoms with Crippen molar-refractivity contribution >= 4 is 11.3 Å². The van der Waals surface area contributed by atoms with Crippen LogP contribution in [0.5, 0.6) is 0 Å². The van der Waals surface area contributed by atoms with Crippen molar-refractivity contribution in [1.82, 2.24) is 4.98 Å². The van der Waals surface area contributed by atoms with Crippen molar-refractivity contribution < 1.29 is 5.11 Å². The fourth-order valence-corrected chi connectivity index (χ4v) is 2.99. The molecular formula is C14H17NOS. The van der Waals surface area contributed by atoms with Gasteiger partial charge in [-0.25, -0.2) is 4.98 Å². The van der Waals surface area contributed by atoms with Gasteiger partial charge in [0.05, 0.1) is 11.1 Å². The molecule has 0 bridgehead atoms. The summed E-state index contributed by atoms with van der Waals surface area (Å²) >= 11 is 1.59. The second-order valence-electron chi connectivity index (χ2n) is 4.46. The number of aromatic nitrogens is 1. The molecule has 1 unspecified atom stereocenters. The molecule has 0 amide bonds. The van der Waals surface area contributed by atoms with Gasteiger partial charge in [0.2, 0.25) is 0 Å². The molecule has 2 rings (SSSR count). The number of aryl methyl sites for hydroxylation is 3. The number of hydrogen-bond donors (Lipinski definition) is 1. The molecule has 1 heterocycles. The van der Waals surface area contributed by atoms with E-state index in [9.17, 15) is 5.11 Å².